The highest BCUT2D eigenvalue weighted by Gasteiger charge is 2.13. The Morgan fingerprint density at radius 1 is 1.25 bits per heavy atom. The van der Waals surface area contributed by atoms with Gasteiger partial charge in [-0.2, -0.15) is 0 Å². The van der Waals surface area contributed by atoms with Crippen LogP contribution >= 0.6 is 15.9 Å². The third-order valence-corrected chi connectivity index (χ3v) is 3.63. The first-order valence-electron chi connectivity index (χ1n) is 6.12. The third kappa shape index (κ3) is 4.26. The van der Waals surface area contributed by atoms with Crippen molar-refractivity contribution in [1.29, 1.82) is 0 Å². The van der Waals surface area contributed by atoms with Gasteiger partial charge in [0.1, 0.15) is 0 Å². The largest absolute Gasteiger partial charge is 0.313 e. The molecule has 1 aromatic carbocycles. The minimum absolute atomic E-state index is 0.568. The fraction of sp³-hybridized carbons (Fsp3) is 0.571. The maximum absolute atomic E-state index is 3.62. The van der Waals surface area contributed by atoms with E-state index in [0.29, 0.717) is 12.0 Å². The highest BCUT2D eigenvalue weighted by atomic mass is 79.9. The highest BCUT2D eigenvalue weighted by molar-refractivity contribution is 9.10. The Morgan fingerprint density at radius 3 is 2.50 bits per heavy atom. The van der Waals surface area contributed by atoms with E-state index in [9.17, 15) is 0 Å². The Morgan fingerprint density at radius 2 is 1.94 bits per heavy atom. The van der Waals surface area contributed by atoms with E-state index in [-0.39, 0.29) is 0 Å². The van der Waals surface area contributed by atoms with Gasteiger partial charge in [-0.15, -0.1) is 0 Å². The molecule has 0 aliphatic heterocycles. The molecule has 1 unspecified atom stereocenters. The zero-order valence-electron chi connectivity index (χ0n) is 10.5. The van der Waals surface area contributed by atoms with Crippen LogP contribution in [-0.2, 0) is 6.42 Å². The summed E-state index contributed by atoms with van der Waals surface area (Å²) < 4.78 is 1.22. The van der Waals surface area contributed by atoms with Crippen LogP contribution in [0.5, 0.6) is 0 Å². The predicted molar refractivity (Wildman–Crippen MR) is 74.8 cm³/mol. The van der Waals surface area contributed by atoms with Crippen LogP contribution in [0.2, 0.25) is 0 Å². The molecule has 1 aromatic rings. The Bertz CT molecular complexity index is 309. The first-order valence-corrected chi connectivity index (χ1v) is 6.91. The van der Waals surface area contributed by atoms with Crippen LogP contribution in [0.15, 0.2) is 28.7 Å². The minimum atomic E-state index is 0.568. The molecule has 0 saturated heterocycles. The summed E-state index contributed by atoms with van der Waals surface area (Å²) >= 11 is 3.61. The Labute approximate surface area is 108 Å². The summed E-state index contributed by atoms with van der Waals surface area (Å²) in [6.07, 6.45) is 2.29. The molecule has 1 rings (SSSR count). The van der Waals surface area contributed by atoms with Gasteiger partial charge in [-0.25, -0.2) is 0 Å². The van der Waals surface area contributed by atoms with E-state index in [4.69, 9.17) is 0 Å². The van der Waals surface area contributed by atoms with Crippen molar-refractivity contribution in [3.63, 3.8) is 0 Å². The number of benzene rings is 1. The van der Waals surface area contributed by atoms with Crippen LogP contribution in [0.25, 0.3) is 0 Å². The topological polar surface area (TPSA) is 12.0 Å². The van der Waals surface area contributed by atoms with Gasteiger partial charge in [0.05, 0.1) is 0 Å². The average Bonchev–Trinajstić information content (AvgIpc) is 2.26. The van der Waals surface area contributed by atoms with E-state index in [0.717, 1.165) is 13.0 Å². The maximum Gasteiger partial charge on any atom is 0.0207 e. The molecule has 2 heteroatoms. The molecule has 0 radical (unpaired) electrons. The Hall–Kier alpha value is -0.340. The van der Waals surface area contributed by atoms with E-state index >= 15 is 0 Å². The van der Waals surface area contributed by atoms with E-state index in [1.807, 2.05) is 0 Å². The van der Waals surface area contributed by atoms with Crippen molar-refractivity contribution >= 4 is 15.9 Å². The smallest absolute Gasteiger partial charge is 0.0207 e. The van der Waals surface area contributed by atoms with E-state index in [1.165, 1.54) is 16.5 Å². The predicted octanol–water partition coefficient (Wildman–Crippen LogP) is 4.02. The van der Waals surface area contributed by atoms with Crippen molar-refractivity contribution in [1.82, 2.24) is 5.32 Å². The van der Waals surface area contributed by atoms with E-state index in [2.05, 4.69) is 66.3 Å². The number of nitrogens with one attached hydrogen (secondary N) is 1. The van der Waals surface area contributed by atoms with Gasteiger partial charge in [0.2, 0.25) is 0 Å². The van der Waals surface area contributed by atoms with Crippen LogP contribution in [0.3, 0.4) is 0 Å². The van der Waals surface area contributed by atoms with Crippen molar-refractivity contribution in [2.24, 2.45) is 5.92 Å². The van der Waals surface area contributed by atoms with Crippen molar-refractivity contribution in [2.45, 2.75) is 39.7 Å². The van der Waals surface area contributed by atoms with Gasteiger partial charge < -0.3 is 5.32 Å². The van der Waals surface area contributed by atoms with Crippen molar-refractivity contribution in [3.8, 4) is 0 Å². The van der Waals surface area contributed by atoms with Gasteiger partial charge in [0.25, 0.3) is 0 Å². The first-order chi connectivity index (χ1) is 7.65. The van der Waals surface area contributed by atoms with Crippen molar-refractivity contribution in [3.05, 3.63) is 34.3 Å². The van der Waals surface area contributed by atoms with Crippen molar-refractivity contribution in [2.75, 3.05) is 6.54 Å². The SMILES string of the molecule is CCCNC(Cc1ccccc1Br)C(C)C. The lowest BCUT2D eigenvalue weighted by atomic mass is 9.96. The van der Waals surface area contributed by atoms with E-state index < -0.39 is 0 Å². The summed E-state index contributed by atoms with van der Waals surface area (Å²) in [5.74, 6) is 0.665. The second-order valence-electron chi connectivity index (χ2n) is 4.60. The van der Waals surface area contributed by atoms with Gasteiger partial charge in [-0.05, 0) is 36.9 Å². The van der Waals surface area contributed by atoms with Crippen LogP contribution < -0.4 is 5.32 Å². The quantitative estimate of drug-likeness (QED) is 0.832. The molecule has 0 aliphatic rings. The molecule has 90 valence electrons. The minimum Gasteiger partial charge on any atom is -0.313 e. The van der Waals surface area contributed by atoms with Gasteiger partial charge in [-0.3, -0.25) is 0 Å². The summed E-state index contributed by atoms with van der Waals surface area (Å²) in [6.45, 7) is 7.88. The fourth-order valence-corrected chi connectivity index (χ4v) is 2.22. The van der Waals surface area contributed by atoms with Gasteiger partial charge >= 0.3 is 0 Å². The lowest BCUT2D eigenvalue weighted by molar-refractivity contribution is 0.397. The summed E-state index contributed by atoms with van der Waals surface area (Å²) in [6, 6.07) is 9.06. The van der Waals surface area contributed by atoms with Crippen molar-refractivity contribution < 1.29 is 0 Å². The molecule has 0 heterocycles. The average molecular weight is 284 g/mol. The first kappa shape index (κ1) is 13.7. The normalized spacial score (nSPS) is 13.1. The molecular formula is C14H22BrN. The zero-order chi connectivity index (χ0) is 12.0. The molecule has 0 aromatic heterocycles. The maximum atomic E-state index is 3.62. The molecule has 1 atom stereocenters. The van der Waals surface area contributed by atoms with E-state index in [1.54, 1.807) is 0 Å². The molecule has 0 amide bonds. The van der Waals surface area contributed by atoms with Gasteiger partial charge in [0.15, 0.2) is 0 Å². The van der Waals surface area contributed by atoms with Gasteiger partial charge in [0, 0.05) is 10.5 Å². The number of halogens is 1. The summed E-state index contributed by atoms with van der Waals surface area (Å²) in [4.78, 5) is 0. The fourth-order valence-electron chi connectivity index (χ4n) is 1.77. The molecule has 0 aliphatic carbocycles. The highest BCUT2D eigenvalue weighted by Crippen LogP contribution is 2.19. The van der Waals surface area contributed by atoms with Crippen LogP contribution in [0.4, 0.5) is 0 Å². The summed E-state index contributed by atoms with van der Waals surface area (Å²) in [5.41, 5.74) is 1.39. The molecule has 1 N–H and O–H groups in total. The molecular weight excluding hydrogens is 262 g/mol. The molecule has 16 heavy (non-hydrogen) atoms. The van der Waals surface area contributed by atoms with Crippen LogP contribution in [0.1, 0.15) is 32.8 Å². The molecule has 0 saturated carbocycles. The lowest BCUT2D eigenvalue weighted by Gasteiger charge is -2.23. The molecule has 0 bridgehead atoms. The lowest BCUT2D eigenvalue weighted by Crippen LogP contribution is -2.36. The number of rotatable bonds is 6. The second-order valence-corrected chi connectivity index (χ2v) is 5.45. The standard InChI is InChI=1S/C14H22BrN/c1-4-9-16-14(11(2)3)10-12-7-5-6-8-13(12)15/h5-8,11,14,16H,4,9-10H2,1-3H3. The number of hydrogen-bond acceptors (Lipinski definition) is 1. The van der Waals surface area contributed by atoms with Gasteiger partial charge in [-0.1, -0.05) is 54.9 Å². The Kier molecular flexibility index (Phi) is 6.07. The monoisotopic (exact) mass is 283 g/mol. The Balaban J connectivity index is 2.64. The van der Waals surface area contributed by atoms with Crippen LogP contribution in [0, 0.1) is 5.92 Å². The summed E-state index contributed by atoms with van der Waals surface area (Å²) in [7, 11) is 0. The second kappa shape index (κ2) is 7.08. The van der Waals surface area contributed by atoms with Crippen LogP contribution in [-0.4, -0.2) is 12.6 Å². The third-order valence-electron chi connectivity index (χ3n) is 2.86. The zero-order valence-corrected chi connectivity index (χ0v) is 12.0. The number of hydrogen-bond donors (Lipinski definition) is 1. The molecule has 0 fully saturated rings. The molecule has 1 nitrogen and oxygen atoms in total. The molecule has 0 spiro atoms. The summed E-state index contributed by atoms with van der Waals surface area (Å²) in [5, 5.41) is 3.62.